The third-order valence-corrected chi connectivity index (χ3v) is 3.54. The number of nitrogens with one attached hydrogen (secondary N) is 2. The summed E-state index contributed by atoms with van der Waals surface area (Å²) in [5, 5.41) is 5.59. The first-order valence-electron chi connectivity index (χ1n) is 7.95. The standard InChI is InChI=1S/C19H23N3O3/c1-14-4-6-15(7-5-14)20-18(23)12-22(2)13-19(24)21-16-8-10-17(25-3)11-9-16/h4-11H,12-13H2,1-3H3,(H,20,23)(H,21,24). The molecule has 0 atom stereocenters. The van der Waals surface area contributed by atoms with Crippen LogP contribution in [0.15, 0.2) is 48.5 Å². The number of nitrogens with zero attached hydrogens (tertiary/aromatic N) is 1. The highest BCUT2D eigenvalue weighted by Crippen LogP contribution is 2.14. The summed E-state index contributed by atoms with van der Waals surface area (Å²) in [4.78, 5) is 25.7. The zero-order valence-electron chi connectivity index (χ0n) is 14.7. The quantitative estimate of drug-likeness (QED) is 0.812. The van der Waals surface area contributed by atoms with Crippen LogP contribution in [0.4, 0.5) is 11.4 Å². The van der Waals surface area contributed by atoms with E-state index >= 15 is 0 Å². The summed E-state index contributed by atoms with van der Waals surface area (Å²) in [6.45, 7) is 2.23. The maximum Gasteiger partial charge on any atom is 0.238 e. The number of amides is 2. The minimum absolute atomic E-state index is 0.118. The van der Waals surface area contributed by atoms with Gasteiger partial charge < -0.3 is 15.4 Å². The minimum Gasteiger partial charge on any atom is -0.497 e. The number of benzene rings is 2. The molecule has 25 heavy (non-hydrogen) atoms. The summed E-state index contributed by atoms with van der Waals surface area (Å²) in [6.07, 6.45) is 0. The molecule has 6 nitrogen and oxygen atoms in total. The van der Waals surface area contributed by atoms with Gasteiger partial charge in [0.25, 0.3) is 0 Å². The Labute approximate surface area is 147 Å². The predicted molar refractivity (Wildman–Crippen MR) is 98.9 cm³/mol. The van der Waals surface area contributed by atoms with Gasteiger partial charge in [-0.3, -0.25) is 14.5 Å². The Kier molecular flexibility index (Phi) is 6.54. The largest absolute Gasteiger partial charge is 0.497 e. The minimum atomic E-state index is -0.184. The summed E-state index contributed by atoms with van der Waals surface area (Å²) < 4.78 is 5.07. The molecule has 132 valence electrons. The number of carbonyl (C=O) groups excluding carboxylic acids is 2. The normalized spacial score (nSPS) is 10.4. The maximum absolute atomic E-state index is 12.0. The fourth-order valence-corrected chi connectivity index (χ4v) is 2.26. The van der Waals surface area contributed by atoms with Crippen LogP contribution < -0.4 is 15.4 Å². The number of hydrogen-bond donors (Lipinski definition) is 2. The van der Waals surface area contributed by atoms with Crippen LogP contribution in [0.1, 0.15) is 5.56 Å². The van der Waals surface area contributed by atoms with E-state index in [1.54, 1.807) is 43.3 Å². The van der Waals surface area contributed by atoms with Crippen molar-refractivity contribution in [3.05, 3.63) is 54.1 Å². The Bertz CT molecular complexity index is 712. The molecule has 0 saturated heterocycles. The number of likely N-dealkylation sites (N-methyl/N-ethyl adjacent to an activating group) is 1. The summed E-state index contributed by atoms with van der Waals surface area (Å²) in [5.74, 6) is 0.377. The Morgan fingerprint density at radius 2 is 1.32 bits per heavy atom. The molecule has 0 aliphatic heterocycles. The van der Waals surface area contributed by atoms with Crippen LogP contribution in [0, 0.1) is 6.92 Å². The molecule has 6 heteroatoms. The number of hydrogen-bond acceptors (Lipinski definition) is 4. The number of aryl methyl sites for hydroxylation is 1. The van der Waals surface area contributed by atoms with Crippen molar-refractivity contribution in [1.82, 2.24) is 4.90 Å². The molecule has 0 heterocycles. The molecule has 0 bridgehead atoms. The molecule has 2 rings (SSSR count). The average molecular weight is 341 g/mol. The van der Waals surface area contributed by atoms with E-state index in [0.717, 1.165) is 17.0 Å². The molecule has 0 aliphatic rings. The van der Waals surface area contributed by atoms with Gasteiger partial charge in [0.05, 0.1) is 20.2 Å². The number of ether oxygens (including phenoxy) is 1. The third-order valence-electron chi connectivity index (χ3n) is 3.54. The zero-order valence-corrected chi connectivity index (χ0v) is 14.7. The van der Waals surface area contributed by atoms with E-state index in [9.17, 15) is 9.59 Å². The van der Waals surface area contributed by atoms with Crippen molar-refractivity contribution >= 4 is 23.2 Å². The highest BCUT2D eigenvalue weighted by molar-refractivity contribution is 5.94. The first kappa shape index (κ1) is 18.5. The Hall–Kier alpha value is -2.86. The van der Waals surface area contributed by atoms with Crippen molar-refractivity contribution in [3.8, 4) is 5.75 Å². The SMILES string of the molecule is COc1ccc(NC(=O)CN(C)CC(=O)Nc2ccc(C)cc2)cc1. The smallest absolute Gasteiger partial charge is 0.238 e. The van der Waals surface area contributed by atoms with Crippen molar-refractivity contribution in [2.45, 2.75) is 6.92 Å². The lowest BCUT2D eigenvalue weighted by Gasteiger charge is -2.16. The van der Waals surface area contributed by atoms with Crippen molar-refractivity contribution < 1.29 is 14.3 Å². The van der Waals surface area contributed by atoms with Crippen LogP contribution >= 0.6 is 0 Å². The van der Waals surface area contributed by atoms with Crippen molar-refractivity contribution in [3.63, 3.8) is 0 Å². The van der Waals surface area contributed by atoms with Gasteiger partial charge >= 0.3 is 0 Å². The first-order valence-corrected chi connectivity index (χ1v) is 7.95. The molecule has 0 aromatic heterocycles. The summed E-state index contributed by atoms with van der Waals surface area (Å²) in [6, 6.07) is 14.6. The fraction of sp³-hybridized carbons (Fsp3) is 0.263. The van der Waals surface area contributed by atoms with Gasteiger partial charge in [0, 0.05) is 11.4 Å². The Morgan fingerprint density at radius 3 is 1.76 bits per heavy atom. The van der Waals surface area contributed by atoms with Gasteiger partial charge in [-0.05, 0) is 50.4 Å². The van der Waals surface area contributed by atoms with E-state index in [2.05, 4.69) is 10.6 Å². The summed E-state index contributed by atoms with van der Waals surface area (Å²) in [7, 11) is 3.31. The number of rotatable bonds is 7. The predicted octanol–water partition coefficient (Wildman–Crippen LogP) is 2.51. The van der Waals surface area contributed by atoms with Crippen LogP contribution in [-0.4, -0.2) is 44.0 Å². The van der Waals surface area contributed by atoms with Gasteiger partial charge in [-0.2, -0.15) is 0 Å². The molecule has 0 unspecified atom stereocenters. The fourth-order valence-electron chi connectivity index (χ4n) is 2.26. The first-order chi connectivity index (χ1) is 12.0. The molecule has 0 radical (unpaired) electrons. The van der Waals surface area contributed by atoms with Crippen LogP contribution in [-0.2, 0) is 9.59 Å². The van der Waals surface area contributed by atoms with E-state index in [1.165, 1.54) is 0 Å². The van der Waals surface area contributed by atoms with E-state index < -0.39 is 0 Å². The van der Waals surface area contributed by atoms with Gasteiger partial charge in [0.2, 0.25) is 11.8 Å². The van der Waals surface area contributed by atoms with Gasteiger partial charge in [-0.1, -0.05) is 17.7 Å². The molecular weight excluding hydrogens is 318 g/mol. The number of carbonyl (C=O) groups is 2. The van der Waals surface area contributed by atoms with Crippen molar-refractivity contribution in [2.75, 3.05) is 37.9 Å². The molecule has 2 aromatic carbocycles. The highest BCUT2D eigenvalue weighted by atomic mass is 16.5. The van der Waals surface area contributed by atoms with Gasteiger partial charge in [-0.25, -0.2) is 0 Å². The van der Waals surface area contributed by atoms with Crippen LogP contribution in [0.25, 0.3) is 0 Å². The lowest BCUT2D eigenvalue weighted by Crippen LogP contribution is -2.36. The maximum atomic E-state index is 12.0. The molecule has 0 aliphatic carbocycles. The zero-order chi connectivity index (χ0) is 18.2. The second-order valence-electron chi connectivity index (χ2n) is 5.86. The molecule has 0 spiro atoms. The van der Waals surface area contributed by atoms with E-state index in [-0.39, 0.29) is 24.9 Å². The lowest BCUT2D eigenvalue weighted by atomic mass is 10.2. The second-order valence-corrected chi connectivity index (χ2v) is 5.86. The molecular formula is C19H23N3O3. The average Bonchev–Trinajstić information content (AvgIpc) is 2.57. The van der Waals surface area contributed by atoms with Crippen molar-refractivity contribution in [1.29, 1.82) is 0 Å². The number of methoxy groups -OCH3 is 1. The molecule has 0 saturated carbocycles. The van der Waals surface area contributed by atoms with E-state index in [1.807, 2.05) is 31.2 Å². The summed E-state index contributed by atoms with van der Waals surface area (Å²) in [5.41, 5.74) is 2.56. The summed E-state index contributed by atoms with van der Waals surface area (Å²) >= 11 is 0. The topological polar surface area (TPSA) is 70.7 Å². The number of anilines is 2. The van der Waals surface area contributed by atoms with Crippen molar-refractivity contribution in [2.24, 2.45) is 0 Å². The van der Waals surface area contributed by atoms with Crippen LogP contribution in [0.5, 0.6) is 5.75 Å². The Balaban J connectivity index is 1.77. The lowest BCUT2D eigenvalue weighted by molar-refractivity contribution is -0.119. The molecule has 2 N–H and O–H groups in total. The second kappa shape index (κ2) is 8.84. The van der Waals surface area contributed by atoms with E-state index in [4.69, 9.17) is 4.74 Å². The van der Waals surface area contributed by atoms with Crippen LogP contribution in [0.3, 0.4) is 0 Å². The molecule has 2 aromatic rings. The van der Waals surface area contributed by atoms with Gasteiger partial charge in [-0.15, -0.1) is 0 Å². The molecule has 0 fully saturated rings. The van der Waals surface area contributed by atoms with E-state index in [0.29, 0.717) is 5.69 Å². The van der Waals surface area contributed by atoms with Gasteiger partial charge in [0.1, 0.15) is 5.75 Å². The highest BCUT2D eigenvalue weighted by Gasteiger charge is 2.11. The third kappa shape index (κ3) is 6.27. The monoisotopic (exact) mass is 341 g/mol. The van der Waals surface area contributed by atoms with Gasteiger partial charge in [0.15, 0.2) is 0 Å². The Morgan fingerprint density at radius 1 is 0.880 bits per heavy atom. The van der Waals surface area contributed by atoms with Crippen LogP contribution in [0.2, 0.25) is 0 Å². The molecule has 2 amide bonds.